The van der Waals surface area contributed by atoms with Crippen molar-refractivity contribution >= 4 is 5.97 Å². The molecule has 1 rings (SSSR count). The first-order chi connectivity index (χ1) is 15.8. The quantitative estimate of drug-likeness (QED) is 0.214. The van der Waals surface area contributed by atoms with Gasteiger partial charge in [-0.05, 0) is 56.9 Å². The summed E-state index contributed by atoms with van der Waals surface area (Å²) in [6.07, 6.45) is 18.5. The van der Waals surface area contributed by atoms with E-state index >= 15 is 0 Å². The number of benzene rings is 1. The standard InChI is InChI=1S/C16H35N.C13H18O3/c1-5-7-8-9-10-11-12-13-14-15(6-2)16(3,4)17;1-2-3-4-5-10-16-12-8-6-11(7-9-12)13(14)15/h15H,5-14,17H2,1-4H3;6-9H,2-5,10H2,1H3,(H,14,15). The average molecular weight is 464 g/mol. The van der Waals surface area contributed by atoms with E-state index in [1.54, 1.807) is 24.3 Å². The molecule has 33 heavy (non-hydrogen) atoms. The van der Waals surface area contributed by atoms with Crippen LogP contribution in [0.5, 0.6) is 5.75 Å². The van der Waals surface area contributed by atoms with E-state index in [2.05, 4.69) is 34.6 Å². The lowest BCUT2D eigenvalue weighted by atomic mass is 9.82. The fraction of sp³-hybridized carbons (Fsp3) is 0.759. The third-order valence-electron chi connectivity index (χ3n) is 6.32. The van der Waals surface area contributed by atoms with Gasteiger partial charge in [0.05, 0.1) is 12.2 Å². The van der Waals surface area contributed by atoms with E-state index in [0.717, 1.165) is 12.2 Å². The van der Waals surface area contributed by atoms with E-state index < -0.39 is 5.97 Å². The van der Waals surface area contributed by atoms with E-state index in [1.165, 1.54) is 83.5 Å². The van der Waals surface area contributed by atoms with Gasteiger partial charge in [0.25, 0.3) is 0 Å². The molecule has 0 spiro atoms. The summed E-state index contributed by atoms with van der Waals surface area (Å²) in [4.78, 5) is 10.6. The molecule has 4 nitrogen and oxygen atoms in total. The minimum absolute atomic E-state index is 0.00980. The van der Waals surface area contributed by atoms with Crippen LogP contribution in [0.15, 0.2) is 24.3 Å². The highest BCUT2D eigenvalue weighted by Crippen LogP contribution is 2.24. The van der Waals surface area contributed by atoms with Crippen LogP contribution in [0.25, 0.3) is 0 Å². The van der Waals surface area contributed by atoms with Gasteiger partial charge in [-0.3, -0.25) is 0 Å². The predicted octanol–water partition coefficient (Wildman–Crippen LogP) is 8.62. The molecule has 0 aliphatic carbocycles. The van der Waals surface area contributed by atoms with Gasteiger partial charge >= 0.3 is 5.97 Å². The second kappa shape index (κ2) is 19.9. The first kappa shape index (κ1) is 31.4. The molecule has 0 radical (unpaired) electrons. The number of nitrogens with two attached hydrogens (primary N) is 1. The molecule has 1 atom stereocenters. The third-order valence-corrected chi connectivity index (χ3v) is 6.32. The number of rotatable bonds is 18. The van der Waals surface area contributed by atoms with E-state index in [9.17, 15) is 4.79 Å². The summed E-state index contributed by atoms with van der Waals surface area (Å²) in [5.74, 6) is 0.526. The molecule has 0 saturated heterocycles. The van der Waals surface area contributed by atoms with Gasteiger partial charge < -0.3 is 15.6 Å². The van der Waals surface area contributed by atoms with Crippen molar-refractivity contribution < 1.29 is 14.6 Å². The molecule has 0 fully saturated rings. The zero-order chi connectivity index (χ0) is 25.0. The van der Waals surface area contributed by atoms with E-state index in [4.69, 9.17) is 15.6 Å². The largest absolute Gasteiger partial charge is 0.494 e. The molecule has 1 aromatic carbocycles. The normalized spacial score (nSPS) is 12.1. The Hall–Kier alpha value is -1.55. The summed E-state index contributed by atoms with van der Waals surface area (Å²) in [6.45, 7) is 11.8. The minimum Gasteiger partial charge on any atom is -0.494 e. The van der Waals surface area contributed by atoms with Crippen molar-refractivity contribution in [3.63, 3.8) is 0 Å². The Morgan fingerprint density at radius 3 is 1.79 bits per heavy atom. The molecule has 0 bridgehead atoms. The second-order valence-corrected chi connectivity index (χ2v) is 9.93. The number of carbonyl (C=O) groups is 1. The lowest BCUT2D eigenvalue weighted by Crippen LogP contribution is -2.40. The number of aromatic carboxylic acids is 1. The van der Waals surface area contributed by atoms with Crippen LogP contribution < -0.4 is 10.5 Å². The monoisotopic (exact) mass is 463 g/mol. The van der Waals surface area contributed by atoms with E-state index in [-0.39, 0.29) is 5.54 Å². The summed E-state index contributed by atoms with van der Waals surface area (Å²) in [5, 5.41) is 8.71. The number of unbranched alkanes of at least 4 members (excludes halogenated alkanes) is 10. The number of ether oxygens (including phenoxy) is 1. The van der Waals surface area contributed by atoms with Crippen LogP contribution in [0.4, 0.5) is 0 Å². The Kier molecular flexibility index (Phi) is 18.9. The van der Waals surface area contributed by atoms with Crippen molar-refractivity contribution in [1.29, 1.82) is 0 Å². The van der Waals surface area contributed by atoms with Gasteiger partial charge in [-0.1, -0.05) is 97.8 Å². The Labute approximate surface area is 204 Å². The van der Waals surface area contributed by atoms with Gasteiger partial charge in [0, 0.05) is 5.54 Å². The topological polar surface area (TPSA) is 72.5 Å². The molecule has 0 amide bonds. The molecule has 1 unspecified atom stereocenters. The summed E-state index contributed by atoms with van der Waals surface area (Å²) in [5.41, 5.74) is 6.49. The Balaban J connectivity index is 0.000000621. The van der Waals surface area contributed by atoms with Gasteiger partial charge in [-0.2, -0.15) is 0 Å². The third kappa shape index (κ3) is 17.6. The average Bonchev–Trinajstić information content (AvgIpc) is 2.78. The second-order valence-electron chi connectivity index (χ2n) is 9.93. The summed E-state index contributed by atoms with van der Waals surface area (Å²) < 4.78 is 5.49. The highest BCUT2D eigenvalue weighted by atomic mass is 16.5. The molecule has 0 heterocycles. The molecular weight excluding hydrogens is 410 g/mol. The highest BCUT2D eigenvalue weighted by Gasteiger charge is 2.22. The molecule has 0 saturated carbocycles. The van der Waals surface area contributed by atoms with Crippen molar-refractivity contribution in [2.75, 3.05) is 6.61 Å². The van der Waals surface area contributed by atoms with Crippen molar-refractivity contribution in [2.45, 2.75) is 130 Å². The maximum atomic E-state index is 10.6. The van der Waals surface area contributed by atoms with Gasteiger partial charge in [-0.25, -0.2) is 4.79 Å². The smallest absolute Gasteiger partial charge is 0.335 e. The molecule has 3 N–H and O–H groups in total. The summed E-state index contributed by atoms with van der Waals surface area (Å²) in [6, 6.07) is 6.51. The number of hydrogen-bond acceptors (Lipinski definition) is 3. The molecule has 4 heteroatoms. The van der Waals surface area contributed by atoms with Gasteiger partial charge in [0.15, 0.2) is 0 Å². The van der Waals surface area contributed by atoms with Crippen LogP contribution in [0, 0.1) is 5.92 Å². The SMILES string of the molecule is CCCCCCCCCCC(CC)C(C)(C)N.CCCCCCOc1ccc(C(=O)O)cc1. The van der Waals surface area contributed by atoms with Crippen LogP contribution in [0.2, 0.25) is 0 Å². The lowest BCUT2D eigenvalue weighted by molar-refractivity contribution is 0.0697. The van der Waals surface area contributed by atoms with Crippen LogP contribution in [0.3, 0.4) is 0 Å². The Bertz CT molecular complexity index is 578. The van der Waals surface area contributed by atoms with E-state index in [1.807, 2.05) is 0 Å². The first-order valence-corrected chi connectivity index (χ1v) is 13.5. The molecule has 0 aliphatic heterocycles. The number of hydrogen-bond donors (Lipinski definition) is 2. The summed E-state index contributed by atoms with van der Waals surface area (Å²) >= 11 is 0. The molecular formula is C29H53NO3. The highest BCUT2D eigenvalue weighted by molar-refractivity contribution is 5.87. The molecule has 192 valence electrons. The Morgan fingerprint density at radius 1 is 0.848 bits per heavy atom. The van der Waals surface area contributed by atoms with Gasteiger partial charge in [0.2, 0.25) is 0 Å². The fourth-order valence-electron chi connectivity index (χ4n) is 4.04. The number of carboxylic acids is 1. The van der Waals surface area contributed by atoms with Gasteiger partial charge in [-0.15, -0.1) is 0 Å². The molecule has 0 aliphatic rings. The van der Waals surface area contributed by atoms with Crippen molar-refractivity contribution in [3.8, 4) is 5.75 Å². The fourth-order valence-corrected chi connectivity index (χ4v) is 4.04. The molecule has 0 aromatic heterocycles. The Morgan fingerprint density at radius 2 is 1.33 bits per heavy atom. The van der Waals surface area contributed by atoms with Crippen LogP contribution in [-0.2, 0) is 0 Å². The van der Waals surface area contributed by atoms with Crippen LogP contribution in [0.1, 0.15) is 135 Å². The maximum Gasteiger partial charge on any atom is 0.335 e. The van der Waals surface area contributed by atoms with Crippen molar-refractivity contribution in [1.82, 2.24) is 0 Å². The van der Waals surface area contributed by atoms with Crippen LogP contribution >= 0.6 is 0 Å². The van der Waals surface area contributed by atoms with Crippen molar-refractivity contribution in [2.24, 2.45) is 11.7 Å². The minimum atomic E-state index is -0.908. The number of carboxylic acid groups (broad SMARTS) is 1. The van der Waals surface area contributed by atoms with Gasteiger partial charge in [0.1, 0.15) is 5.75 Å². The summed E-state index contributed by atoms with van der Waals surface area (Å²) in [7, 11) is 0. The zero-order valence-electron chi connectivity index (χ0n) is 22.3. The first-order valence-electron chi connectivity index (χ1n) is 13.5. The van der Waals surface area contributed by atoms with E-state index in [0.29, 0.717) is 18.1 Å². The zero-order valence-corrected chi connectivity index (χ0v) is 22.3. The van der Waals surface area contributed by atoms with Crippen LogP contribution in [-0.4, -0.2) is 23.2 Å². The maximum absolute atomic E-state index is 10.6. The molecule has 1 aromatic rings. The van der Waals surface area contributed by atoms with Crippen molar-refractivity contribution in [3.05, 3.63) is 29.8 Å². The predicted molar refractivity (Wildman–Crippen MR) is 142 cm³/mol. The lowest BCUT2D eigenvalue weighted by Gasteiger charge is -2.29.